The van der Waals surface area contributed by atoms with Gasteiger partial charge in [-0.25, -0.2) is 4.79 Å². The third-order valence-electron chi connectivity index (χ3n) is 2.26. The number of esters is 1. The molecule has 1 aromatic heterocycles. The first-order chi connectivity index (χ1) is 7.60. The maximum absolute atomic E-state index is 11.6. The Morgan fingerprint density at radius 2 is 2.25 bits per heavy atom. The number of unbranched alkanes of at least 4 members (excludes halogenated alkanes) is 1. The minimum Gasteiger partial charge on any atom is -0.617 e. The molecule has 1 aromatic rings. The van der Waals surface area contributed by atoms with E-state index in [0.717, 1.165) is 12.8 Å². The number of ether oxygens (including phenoxy) is 1. The first-order valence-corrected chi connectivity index (χ1v) is 5.48. The molecule has 88 valence electrons. The summed E-state index contributed by atoms with van der Waals surface area (Å²) in [5.41, 5.74) is 0.806. The predicted molar refractivity (Wildman–Crippen MR) is 60.4 cm³/mol. The lowest BCUT2D eigenvalue weighted by atomic mass is 10.1. The molecule has 0 atom stereocenters. The highest BCUT2D eigenvalue weighted by atomic mass is 35.5. The van der Waals surface area contributed by atoms with E-state index in [0.29, 0.717) is 22.4 Å². The van der Waals surface area contributed by atoms with Crippen LogP contribution in [0.4, 0.5) is 0 Å². The summed E-state index contributed by atoms with van der Waals surface area (Å²) in [6.45, 7) is 2.03. The molecule has 0 saturated heterocycles. The first kappa shape index (κ1) is 12.8. The molecule has 0 fully saturated rings. The van der Waals surface area contributed by atoms with Crippen LogP contribution in [0.3, 0.4) is 0 Å². The molecule has 0 aromatic carbocycles. The largest absolute Gasteiger partial charge is 0.617 e. The number of carbonyl (C=O) groups excluding carboxylic acids is 1. The second-order valence-corrected chi connectivity index (χ2v) is 3.83. The highest BCUT2D eigenvalue weighted by Gasteiger charge is 2.16. The van der Waals surface area contributed by atoms with Gasteiger partial charge in [-0.15, -0.1) is 0 Å². The molecule has 0 aliphatic rings. The number of carbonyl (C=O) groups is 1. The Morgan fingerprint density at radius 1 is 1.56 bits per heavy atom. The van der Waals surface area contributed by atoms with Gasteiger partial charge in [0.25, 0.3) is 5.15 Å². The number of halogens is 1. The van der Waals surface area contributed by atoms with Crippen molar-refractivity contribution in [3.8, 4) is 0 Å². The third-order valence-corrected chi connectivity index (χ3v) is 2.52. The molecule has 0 saturated carbocycles. The lowest BCUT2D eigenvalue weighted by molar-refractivity contribution is -0.611. The van der Waals surface area contributed by atoms with Crippen LogP contribution in [0.5, 0.6) is 0 Å². The van der Waals surface area contributed by atoms with E-state index in [9.17, 15) is 10.0 Å². The summed E-state index contributed by atoms with van der Waals surface area (Å²) in [5, 5.41) is 11.6. The topological polar surface area (TPSA) is 53.2 Å². The van der Waals surface area contributed by atoms with Gasteiger partial charge in [-0.1, -0.05) is 13.3 Å². The Balaban J connectivity index is 3.06. The lowest BCUT2D eigenvalue weighted by Gasteiger charge is -2.07. The summed E-state index contributed by atoms with van der Waals surface area (Å²) in [6.07, 6.45) is 2.45. The van der Waals surface area contributed by atoms with Crippen LogP contribution in [0, 0.1) is 5.21 Å². The quantitative estimate of drug-likeness (QED) is 0.352. The van der Waals surface area contributed by atoms with Crippen molar-refractivity contribution in [1.82, 2.24) is 0 Å². The zero-order valence-electron chi connectivity index (χ0n) is 9.33. The van der Waals surface area contributed by atoms with Gasteiger partial charge in [-0.2, -0.15) is 4.73 Å². The Kier molecular flexibility index (Phi) is 4.55. The number of hydrogen-bond acceptors (Lipinski definition) is 3. The number of methoxy groups -OCH3 is 1. The van der Waals surface area contributed by atoms with Crippen molar-refractivity contribution in [2.24, 2.45) is 0 Å². The van der Waals surface area contributed by atoms with E-state index < -0.39 is 5.97 Å². The van der Waals surface area contributed by atoms with Crippen LogP contribution in [0.25, 0.3) is 0 Å². The molecule has 4 nitrogen and oxygen atoms in total. The highest BCUT2D eigenvalue weighted by molar-refractivity contribution is 6.28. The molecule has 1 heterocycles. The Morgan fingerprint density at radius 3 is 2.81 bits per heavy atom. The van der Waals surface area contributed by atoms with Gasteiger partial charge < -0.3 is 9.94 Å². The average Bonchev–Trinajstić information content (AvgIpc) is 2.29. The summed E-state index contributed by atoms with van der Waals surface area (Å²) < 4.78 is 5.22. The molecule has 0 N–H and O–H groups in total. The average molecular weight is 244 g/mol. The second kappa shape index (κ2) is 5.70. The second-order valence-electron chi connectivity index (χ2n) is 3.45. The summed E-state index contributed by atoms with van der Waals surface area (Å²) in [4.78, 5) is 11.3. The fourth-order valence-electron chi connectivity index (χ4n) is 1.37. The standard InChI is InChI=1S/C11H14ClNO3/c1-3-4-5-9-6-8(11(14)16-2)7-10(12)13(9)15/h6-7H,3-5H2,1-2H3. The summed E-state index contributed by atoms with van der Waals surface area (Å²) >= 11 is 5.74. The smallest absolute Gasteiger partial charge is 0.338 e. The van der Waals surface area contributed by atoms with Crippen LogP contribution < -0.4 is 4.73 Å². The van der Waals surface area contributed by atoms with Crippen LogP contribution >= 0.6 is 11.6 Å². The Bertz CT molecular complexity index is 393. The molecule has 0 unspecified atom stereocenters. The first-order valence-electron chi connectivity index (χ1n) is 5.10. The number of rotatable bonds is 4. The zero-order chi connectivity index (χ0) is 12.1. The van der Waals surface area contributed by atoms with Crippen molar-refractivity contribution in [2.75, 3.05) is 7.11 Å². The Hall–Kier alpha value is -1.29. The van der Waals surface area contributed by atoms with Crippen LogP contribution in [0.15, 0.2) is 12.1 Å². The molecule has 0 spiro atoms. The molecule has 0 aliphatic carbocycles. The van der Waals surface area contributed by atoms with E-state index in [1.807, 2.05) is 6.92 Å². The van der Waals surface area contributed by atoms with Gasteiger partial charge in [-0.05, 0) is 18.0 Å². The van der Waals surface area contributed by atoms with E-state index in [1.165, 1.54) is 19.2 Å². The van der Waals surface area contributed by atoms with E-state index in [-0.39, 0.29) is 5.15 Å². The van der Waals surface area contributed by atoms with Crippen LogP contribution in [0.2, 0.25) is 5.15 Å². The minimum atomic E-state index is -0.486. The van der Waals surface area contributed by atoms with Crippen molar-refractivity contribution in [1.29, 1.82) is 0 Å². The molecule has 1 rings (SSSR count). The fraction of sp³-hybridized carbons (Fsp3) is 0.455. The van der Waals surface area contributed by atoms with Crippen molar-refractivity contribution in [3.63, 3.8) is 0 Å². The van der Waals surface area contributed by atoms with Gasteiger partial charge in [-0.3, -0.25) is 0 Å². The van der Waals surface area contributed by atoms with Crippen molar-refractivity contribution in [2.45, 2.75) is 26.2 Å². The maximum atomic E-state index is 11.6. The number of aryl methyl sites for hydroxylation is 1. The molecule has 0 radical (unpaired) electrons. The van der Waals surface area contributed by atoms with Crippen molar-refractivity contribution in [3.05, 3.63) is 33.8 Å². The summed E-state index contributed by atoms with van der Waals surface area (Å²) in [6, 6.07) is 2.84. The van der Waals surface area contributed by atoms with Gasteiger partial charge >= 0.3 is 5.97 Å². The lowest BCUT2D eigenvalue weighted by Crippen LogP contribution is -2.34. The monoisotopic (exact) mass is 243 g/mol. The van der Waals surface area contributed by atoms with Crippen LogP contribution in [-0.2, 0) is 11.2 Å². The third kappa shape index (κ3) is 2.85. The Labute approximate surface area is 99.4 Å². The van der Waals surface area contributed by atoms with E-state index in [2.05, 4.69) is 4.74 Å². The minimum absolute atomic E-state index is 0.00555. The zero-order valence-corrected chi connectivity index (χ0v) is 10.1. The maximum Gasteiger partial charge on any atom is 0.338 e. The van der Waals surface area contributed by atoms with Crippen LogP contribution in [-0.4, -0.2) is 13.1 Å². The highest BCUT2D eigenvalue weighted by Crippen LogP contribution is 2.11. The molecule has 5 heteroatoms. The van der Waals surface area contributed by atoms with Gasteiger partial charge in [0.2, 0.25) is 0 Å². The van der Waals surface area contributed by atoms with Gasteiger partial charge in [0, 0.05) is 18.6 Å². The molecular formula is C11H14ClNO3. The number of pyridine rings is 1. The number of nitrogens with zero attached hydrogens (tertiary/aromatic N) is 1. The molecule has 0 amide bonds. The summed E-state index contributed by atoms with van der Waals surface area (Å²) in [5.74, 6) is -0.486. The van der Waals surface area contributed by atoms with E-state index in [1.54, 1.807) is 0 Å². The normalized spacial score (nSPS) is 10.2. The van der Waals surface area contributed by atoms with E-state index >= 15 is 0 Å². The van der Waals surface area contributed by atoms with Crippen LogP contribution in [0.1, 0.15) is 35.8 Å². The van der Waals surface area contributed by atoms with Gasteiger partial charge in [0.05, 0.1) is 12.7 Å². The van der Waals surface area contributed by atoms with Crippen molar-refractivity contribution >= 4 is 17.6 Å². The number of hydrogen-bond donors (Lipinski definition) is 0. The number of aromatic nitrogens is 1. The fourth-order valence-corrected chi connectivity index (χ4v) is 1.60. The SMILES string of the molecule is CCCCc1cc(C(=O)OC)cc(Cl)[n+]1[O-]. The molecule has 0 bridgehead atoms. The van der Waals surface area contributed by atoms with Crippen molar-refractivity contribution < 1.29 is 14.3 Å². The molecular weight excluding hydrogens is 230 g/mol. The van der Waals surface area contributed by atoms with E-state index in [4.69, 9.17) is 11.6 Å². The van der Waals surface area contributed by atoms with Gasteiger partial charge in [0.15, 0.2) is 5.69 Å². The summed E-state index contributed by atoms with van der Waals surface area (Å²) in [7, 11) is 1.29. The molecule has 16 heavy (non-hydrogen) atoms. The van der Waals surface area contributed by atoms with Gasteiger partial charge in [0.1, 0.15) is 0 Å². The molecule has 0 aliphatic heterocycles. The predicted octanol–water partition coefficient (Wildman–Crippen LogP) is 2.10.